The van der Waals surface area contributed by atoms with Crippen molar-refractivity contribution < 1.29 is 4.79 Å². The van der Waals surface area contributed by atoms with E-state index in [9.17, 15) is 4.79 Å². The summed E-state index contributed by atoms with van der Waals surface area (Å²) in [5, 5.41) is 5.46. The van der Waals surface area contributed by atoms with Gasteiger partial charge in [0.2, 0.25) is 5.91 Å². The van der Waals surface area contributed by atoms with Crippen LogP contribution in [0.15, 0.2) is 0 Å². The van der Waals surface area contributed by atoms with E-state index in [1.54, 1.807) is 0 Å². The summed E-state index contributed by atoms with van der Waals surface area (Å²) >= 11 is 0. The average Bonchev–Trinajstić information content (AvgIpc) is 2.31. The third kappa shape index (κ3) is 2.95. The molecule has 2 saturated heterocycles. The van der Waals surface area contributed by atoms with E-state index in [0.717, 1.165) is 32.5 Å². The summed E-state index contributed by atoms with van der Waals surface area (Å²) in [7, 11) is 0. The van der Waals surface area contributed by atoms with Crippen LogP contribution in [0.4, 0.5) is 0 Å². The highest BCUT2D eigenvalue weighted by atomic mass is 16.2. The Balaban J connectivity index is 1.81. The normalized spacial score (nSPS) is 32.3. The number of carbonyl (C=O) groups excluding carboxylic acids is 1. The Kier molecular flexibility index (Phi) is 4.18. The molecule has 2 unspecified atom stereocenters. The van der Waals surface area contributed by atoms with Gasteiger partial charge < -0.3 is 5.32 Å². The van der Waals surface area contributed by atoms with Crippen molar-refractivity contribution in [2.45, 2.75) is 45.1 Å². The van der Waals surface area contributed by atoms with Crippen LogP contribution in [-0.4, -0.2) is 36.6 Å². The minimum Gasteiger partial charge on any atom is -0.313 e. The molecule has 0 radical (unpaired) electrons. The number of nitrogens with zero attached hydrogens (tertiary/aromatic N) is 1. The number of hydrogen-bond acceptors (Lipinski definition) is 3. The molecule has 2 atom stereocenters. The number of hydrazine groups is 1. The van der Waals surface area contributed by atoms with Gasteiger partial charge in [0, 0.05) is 19.1 Å². The van der Waals surface area contributed by atoms with Crippen LogP contribution in [0.1, 0.15) is 39.0 Å². The van der Waals surface area contributed by atoms with Crippen molar-refractivity contribution in [2.24, 2.45) is 5.92 Å². The summed E-state index contributed by atoms with van der Waals surface area (Å²) in [6.45, 7) is 5.19. The Hall–Kier alpha value is -0.610. The van der Waals surface area contributed by atoms with Crippen molar-refractivity contribution in [3.63, 3.8) is 0 Å². The van der Waals surface area contributed by atoms with Gasteiger partial charge in [-0.3, -0.25) is 10.2 Å². The minimum atomic E-state index is 0.149. The lowest BCUT2D eigenvalue weighted by Gasteiger charge is -2.33. The monoisotopic (exact) mass is 225 g/mol. The summed E-state index contributed by atoms with van der Waals surface area (Å²) < 4.78 is 0. The van der Waals surface area contributed by atoms with Crippen LogP contribution >= 0.6 is 0 Å². The molecule has 2 fully saturated rings. The van der Waals surface area contributed by atoms with Crippen LogP contribution in [0, 0.1) is 5.92 Å². The van der Waals surface area contributed by atoms with Gasteiger partial charge in [-0.2, -0.15) is 0 Å². The first kappa shape index (κ1) is 11.9. The molecule has 1 amide bonds. The minimum absolute atomic E-state index is 0.149. The molecule has 2 heterocycles. The van der Waals surface area contributed by atoms with Gasteiger partial charge in [0.15, 0.2) is 0 Å². The fraction of sp³-hybridized carbons (Fsp3) is 0.917. The van der Waals surface area contributed by atoms with Crippen molar-refractivity contribution in [3.05, 3.63) is 0 Å². The zero-order valence-corrected chi connectivity index (χ0v) is 10.2. The van der Waals surface area contributed by atoms with Crippen molar-refractivity contribution >= 4 is 5.91 Å². The molecule has 2 N–H and O–H groups in total. The molecule has 0 spiro atoms. The second-order valence-electron chi connectivity index (χ2n) is 5.02. The fourth-order valence-corrected chi connectivity index (χ4v) is 2.65. The lowest BCUT2D eigenvalue weighted by molar-refractivity contribution is -0.132. The van der Waals surface area contributed by atoms with E-state index >= 15 is 0 Å². The highest BCUT2D eigenvalue weighted by molar-refractivity contribution is 5.79. The van der Waals surface area contributed by atoms with Crippen LogP contribution in [0.3, 0.4) is 0 Å². The van der Waals surface area contributed by atoms with Gasteiger partial charge in [-0.05, 0) is 39.2 Å². The first-order chi connectivity index (χ1) is 7.77. The number of piperidine rings is 2. The highest BCUT2D eigenvalue weighted by Gasteiger charge is 2.28. The topological polar surface area (TPSA) is 44.4 Å². The van der Waals surface area contributed by atoms with E-state index in [0.29, 0.717) is 6.04 Å². The molecule has 0 aromatic carbocycles. The molecule has 16 heavy (non-hydrogen) atoms. The van der Waals surface area contributed by atoms with Gasteiger partial charge in [0.1, 0.15) is 0 Å². The Morgan fingerprint density at radius 1 is 1.25 bits per heavy atom. The summed E-state index contributed by atoms with van der Waals surface area (Å²) in [6, 6.07) is 0.318. The van der Waals surface area contributed by atoms with Crippen molar-refractivity contribution in [1.29, 1.82) is 0 Å². The molecule has 2 aliphatic rings. The van der Waals surface area contributed by atoms with Crippen molar-refractivity contribution in [2.75, 3.05) is 19.6 Å². The standard InChI is InChI=1S/C12H23N3O/c1-10-11(6-5-7-13-10)12(16)14-15-8-3-2-4-9-15/h10-11,13H,2-9H2,1H3,(H,14,16). The maximum atomic E-state index is 12.1. The van der Waals surface area contributed by atoms with Gasteiger partial charge in [-0.1, -0.05) is 6.42 Å². The molecule has 4 heteroatoms. The Morgan fingerprint density at radius 2 is 2.00 bits per heavy atom. The summed E-state index contributed by atoms with van der Waals surface area (Å²) in [6.07, 6.45) is 5.85. The van der Waals surface area contributed by atoms with E-state index in [-0.39, 0.29) is 11.8 Å². The van der Waals surface area contributed by atoms with Crippen molar-refractivity contribution in [3.8, 4) is 0 Å². The summed E-state index contributed by atoms with van der Waals surface area (Å²) in [5.74, 6) is 0.359. The summed E-state index contributed by atoms with van der Waals surface area (Å²) in [4.78, 5) is 12.1. The predicted molar refractivity (Wildman–Crippen MR) is 63.8 cm³/mol. The molecule has 2 rings (SSSR count). The maximum Gasteiger partial charge on any atom is 0.238 e. The Morgan fingerprint density at radius 3 is 2.69 bits per heavy atom. The number of amides is 1. The van der Waals surface area contributed by atoms with Crippen molar-refractivity contribution in [1.82, 2.24) is 15.8 Å². The SMILES string of the molecule is CC1NCCCC1C(=O)NN1CCCCC1. The van der Waals surface area contributed by atoms with E-state index in [2.05, 4.69) is 22.7 Å². The molecule has 92 valence electrons. The largest absolute Gasteiger partial charge is 0.313 e. The third-order valence-electron chi connectivity index (χ3n) is 3.72. The smallest absolute Gasteiger partial charge is 0.238 e. The van der Waals surface area contributed by atoms with E-state index in [1.165, 1.54) is 19.3 Å². The third-order valence-corrected chi connectivity index (χ3v) is 3.72. The fourth-order valence-electron chi connectivity index (χ4n) is 2.65. The maximum absolute atomic E-state index is 12.1. The van der Waals surface area contributed by atoms with E-state index in [1.807, 2.05) is 0 Å². The molecular formula is C12H23N3O. The Bertz CT molecular complexity index is 238. The van der Waals surface area contributed by atoms with Crippen LogP contribution in [0.2, 0.25) is 0 Å². The zero-order valence-electron chi connectivity index (χ0n) is 10.2. The molecule has 0 saturated carbocycles. The van der Waals surface area contributed by atoms with Gasteiger partial charge in [-0.25, -0.2) is 5.01 Å². The summed E-state index contributed by atoms with van der Waals surface area (Å²) in [5.41, 5.74) is 3.07. The number of nitrogens with one attached hydrogen (secondary N) is 2. The second kappa shape index (κ2) is 5.64. The average molecular weight is 225 g/mol. The lowest BCUT2D eigenvalue weighted by Crippen LogP contribution is -2.52. The number of rotatable bonds is 2. The van der Waals surface area contributed by atoms with Crippen LogP contribution in [0.25, 0.3) is 0 Å². The molecule has 0 aliphatic carbocycles. The molecule has 2 aliphatic heterocycles. The van der Waals surface area contributed by atoms with Gasteiger partial charge in [-0.15, -0.1) is 0 Å². The predicted octanol–water partition coefficient (Wildman–Crippen LogP) is 0.892. The zero-order chi connectivity index (χ0) is 11.4. The van der Waals surface area contributed by atoms with Gasteiger partial charge in [0.25, 0.3) is 0 Å². The van der Waals surface area contributed by atoms with Crippen LogP contribution < -0.4 is 10.7 Å². The quantitative estimate of drug-likeness (QED) is 0.733. The first-order valence-corrected chi connectivity index (χ1v) is 6.56. The number of carbonyl (C=O) groups is 1. The number of hydrogen-bond donors (Lipinski definition) is 2. The van der Waals surface area contributed by atoms with Crippen LogP contribution in [-0.2, 0) is 4.79 Å². The molecule has 4 nitrogen and oxygen atoms in total. The molecule has 0 aromatic heterocycles. The lowest BCUT2D eigenvalue weighted by atomic mass is 9.91. The van der Waals surface area contributed by atoms with E-state index < -0.39 is 0 Å². The Labute approximate surface area is 97.7 Å². The highest BCUT2D eigenvalue weighted by Crippen LogP contribution is 2.17. The molecular weight excluding hydrogens is 202 g/mol. The van der Waals surface area contributed by atoms with Gasteiger partial charge in [0.05, 0.1) is 5.92 Å². The van der Waals surface area contributed by atoms with E-state index in [4.69, 9.17) is 0 Å². The second-order valence-corrected chi connectivity index (χ2v) is 5.02. The van der Waals surface area contributed by atoms with Crippen LogP contribution in [0.5, 0.6) is 0 Å². The molecule has 0 bridgehead atoms. The first-order valence-electron chi connectivity index (χ1n) is 6.56. The van der Waals surface area contributed by atoms with Gasteiger partial charge >= 0.3 is 0 Å². The molecule has 0 aromatic rings.